The molecule has 1 rings (SSSR count). The molecule has 0 heterocycles. The fraction of sp³-hybridized carbons (Fsp3) is 0.385. The Hall–Kier alpha value is -2.04. The lowest BCUT2D eigenvalue weighted by Gasteiger charge is -2.14. The van der Waals surface area contributed by atoms with Gasteiger partial charge in [0.05, 0.1) is 12.2 Å². The van der Waals surface area contributed by atoms with E-state index in [1.165, 1.54) is 6.92 Å². The number of esters is 2. The molecule has 1 aromatic carbocycles. The summed E-state index contributed by atoms with van der Waals surface area (Å²) in [5, 5.41) is 0. The first-order valence-electron chi connectivity index (χ1n) is 5.70. The van der Waals surface area contributed by atoms with Gasteiger partial charge in [0.2, 0.25) is 0 Å². The Kier molecular flexibility index (Phi) is 4.71. The van der Waals surface area contributed by atoms with Crippen LogP contribution < -0.4 is 5.73 Å². The predicted octanol–water partition coefficient (Wildman–Crippen LogP) is 1.69. The third kappa shape index (κ3) is 3.23. The van der Waals surface area contributed by atoms with Crippen LogP contribution in [-0.4, -0.2) is 24.6 Å². The van der Waals surface area contributed by atoms with Crippen LogP contribution in [0.4, 0.5) is 5.69 Å². The van der Waals surface area contributed by atoms with Crippen LogP contribution in [-0.2, 0) is 14.3 Å². The standard InChI is InChI=1S/C13H17NO4/c1-4-17-12(15)9(3)18-13(16)11-8(2)6-5-7-10(11)14/h5-7,9H,4,14H2,1-3H3. The Bertz CT molecular complexity index is 436. The van der Waals surface area contributed by atoms with Crippen molar-refractivity contribution in [3.8, 4) is 0 Å². The van der Waals surface area contributed by atoms with Gasteiger partial charge in [0.1, 0.15) is 0 Å². The smallest absolute Gasteiger partial charge is 0.347 e. The van der Waals surface area contributed by atoms with Crippen LogP contribution in [0, 0.1) is 6.92 Å². The summed E-state index contributed by atoms with van der Waals surface area (Å²) >= 11 is 0. The van der Waals surface area contributed by atoms with E-state index in [0.717, 1.165) is 0 Å². The van der Waals surface area contributed by atoms with Crippen molar-refractivity contribution >= 4 is 17.6 Å². The van der Waals surface area contributed by atoms with Crippen molar-refractivity contribution in [2.75, 3.05) is 12.3 Å². The molecule has 1 unspecified atom stereocenters. The molecule has 0 aromatic heterocycles. The fourth-order valence-corrected chi connectivity index (χ4v) is 1.50. The zero-order valence-electron chi connectivity index (χ0n) is 10.7. The van der Waals surface area contributed by atoms with Gasteiger partial charge >= 0.3 is 11.9 Å². The number of anilines is 1. The topological polar surface area (TPSA) is 78.6 Å². The summed E-state index contributed by atoms with van der Waals surface area (Å²) in [5.41, 5.74) is 7.04. The molecule has 2 N–H and O–H groups in total. The average Bonchev–Trinajstić information content (AvgIpc) is 2.28. The molecule has 0 saturated heterocycles. The third-order valence-electron chi connectivity index (χ3n) is 2.41. The van der Waals surface area contributed by atoms with Crippen molar-refractivity contribution in [2.45, 2.75) is 26.9 Å². The van der Waals surface area contributed by atoms with Gasteiger partial charge in [0.25, 0.3) is 0 Å². The second-order valence-electron chi connectivity index (χ2n) is 3.84. The van der Waals surface area contributed by atoms with E-state index in [9.17, 15) is 9.59 Å². The van der Waals surface area contributed by atoms with Crippen LogP contribution >= 0.6 is 0 Å². The SMILES string of the molecule is CCOC(=O)C(C)OC(=O)c1c(C)cccc1N. The quantitative estimate of drug-likeness (QED) is 0.650. The predicted molar refractivity (Wildman–Crippen MR) is 67.1 cm³/mol. The highest BCUT2D eigenvalue weighted by molar-refractivity contribution is 5.97. The molecule has 1 atom stereocenters. The second-order valence-corrected chi connectivity index (χ2v) is 3.84. The minimum atomic E-state index is -0.948. The van der Waals surface area contributed by atoms with E-state index in [-0.39, 0.29) is 12.2 Å². The van der Waals surface area contributed by atoms with Gasteiger partial charge in [-0.15, -0.1) is 0 Å². The molecule has 18 heavy (non-hydrogen) atoms. The van der Waals surface area contributed by atoms with Crippen molar-refractivity contribution in [1.29, 1.82) is 0 Å². The fourth-order valence-electron chi connectivity index (χ4n) is 1.50. The number of hydrogen-bond donors (Lipinski definition) is 1. The molecule has 0 fully saturated rings. The van der Waals surface area contributed by atoms with Crippen LogP contribution in [0.15, 0.2) is 18.2 Å². The molecule has 0 spiro atoms. The Balaban J connectivity index is 2.80. The van der Waals surface area contributed by atoms with E-state index >= 15 is 0 Å². The molecule has 5 heteroatoms. The lowest BCUT2D eigenvalue weighted by Crippen LogP contribution is -2.27. The first-order valence-corrected chi connectivity index (χ1v) is 5.70. The Labute approximate surface area is 106 Å². The summed E-state index contributed by atoms with van der Waals surface area (Å²) in [6.07, 6.45) is -0.948. The molecule has 0 saturated carbocycles. The number of hydrogen-bond acceptors (Lipinski definition) is 5. The largest absolute Gasteiger partial charge is 0.463 e. The molecule has 5 nitrogen and oxygen atoms in total. The normalized spacial score (nSPS) is 11.7. The van der Waals surface area contributed by atoms with Gasteiger partial charge < -0.3 is 15.2 Å². The Morgan fingerprint density at radius 2 is 2.06 bits per heavy atom. The van der Waals surface area contributed by atoms with Crippen LogP contribution in [0.5, 0.6) is 0 Å². The summed E-state index contributed by atoms with van der Waals surface area (Å²) in [5.74, 6) is -1.19. The maximum atomic E-state index is 11.9. The van der Waals surface area contributed by atoms with Crippen molar-refractivity contribution < 1.29 is 19.1 Å². The molecule has 98 valence electrons. The molecule has 0 bridgehead atoms. The van der Waals surface area contributed by atoms with Gasteiger partial charge in [-0.2, -0.15) is 0 Å². The van der Waals surface area contributed by atoms with Gasteiger partial charge in [-0.05, 0) is 32.4 Å². The zero-order chi connectivity index (χ0) is 13.7. The molecule has 0 aliphatic rings. The number of carbonyl (C=O) groups is 2. The highest BCUT2D eigenvalue weighted by Crippen LogP contribution is 2.18. The summed E-state index contributed by atoms with van der Waals surface area (Å²) in [4.78, 5) is 23.2. The number of nitrogens with two attached hydrogens (primary N) is 1. The van der Waals surface area contributed by atoms with E-state index in [4.69, 9.17) is 15.2 Å². The van der Waals surface area contributed by atoms with Crippen molar-refractivity contribution in [3.63, 3.8) is 0 Å². The maximum Gasteiger partial charge on any atom is 0.347 e. The molecule has 0 aliphatic heterocycles. The highest BCUT2D eigenvalue weighted by Gasteiger charge is 2.22. The third-order valence-corrected chi connectivity index (χ3v) is 2.41. The number of nitrogen functional groups attached to an aromatic ring is 1. The number of carbonyl (C=O) groups excluding carboxylic acids is 2. The number of benzene rings is 1. The lowest BCUT2D eigenvalue weighted by atomic mass is 10.1. The average molecular weight is 251 g/mol. The van der Waals surface area contributed by atoms with Crippen molar-refractivity contribution in [2.24, 2.45) is 0 Å². The first kappa shape index (κ1) is 14.0. The van der Waals surface area contributed by atoms with Crippen LogP contribution in [0.1, 0.15) is 29.8 Å². The lowest BCUT2D eigenvalue weighted by molar-refractivity contribution is -0.152. The summed E-state index contributed by atoms with van der Waals surface area (Å²) in [6.45, 7) is 5.14. The Morgan fingerprint density at radius 1 is 1.39 bits per heavy atom. The van der Waals surface area contributed by atoms with E-state index in [0.29, 0.717) is 11.3 Å². The molecular formula is C13H17NO4. The highest BCUT2D eigenvalue weighted by atomic mass is 16.6. The monoisotopic (exact) mass is 251 g/mol. The second kappa shape index (κ2) is 6.05. The summed E-state index contributed by atoms with van der Waals surface area (Å²) in [6, 6.07) is 5.11. The van der Waals surface area contributed by atoms with E-state index in [2.05, 4.69) is 0 Å². The zero-order valence-corrected chi connectivity index (χ0v) is 10.7. The molecule has 0 aliphatic carbocycles. The van der Waals surface area contributed by atoms with Gasteiger partial charge in [-0.3, -0.25) is 0 Å². The minimum absolute atomic E-state index is 0.243. The van der Waals surface area contributed by atoms with Gasteiger partial charge in [-0.1, -0.05) is 12.1 Å². The van der Waals surface area contributed by atoms with E-state index in [1.54, 1.807) is 32.0 Å². The van der Waals surface area contributed by atoms with Gasteiger partial charge in [0, 0.05) is 5.69 Å². The molecular weight excluding hydrogens is 234 g/mol. The Morgan fingerprint density at radius 3 is 2.61 bits per heavy atom. The first-order chi connectivity index (χ1) is 8.47. The van der Waals surface area contributed by atoms with Crippen LogP contribution in [0.25, 0.3) is 0 Å². The van der Waals surface area contributed by atoms with E-state index in [1.807, 2.05) is 0 Å². The molecule has 1 aromatic rings. The van der Waals surface area contributed by atoms with Crippen LogP contribution in [0.3, 0.4) is 0 Å². The summed E-state index contributed by atoms with van der Waals surface area (Å²) in [7, 11) is 0. The minimum Gasteiger partial charge on any atom is -0.463 e. The summed E-state index contributed by atoms with van der Waals surface area (Å²) < 4.78 is 9.77. The maximum absolute atomic E-state index is 11.9. The van der Waals surface area contributed by atoms with Crippen LogP contribution in [0.2, 0.25) is 0 Å². The number of ether oxygens (including phenoxy) is 2. The molecule has 0 radical (unpaired) electrons. The van der Waals surface area contributed by atoms with Gasteiger partial charge in [-0.25, -0.2) is 9.59 Å². The molecule has 0 amide bonds. The van der Waals surface area contributed by atoms with E-state index < -0.39 is 18.0 Å². The van der Waals surface area contributed by atoms with Gasteiger partial charge in [0.15, 0.2) is 6.10 Å². The number of rotatable bonds is 4. The van der Waals surface area contributed by atoms with Crippen molar-refractivity contribution in [3.05, 3.63) is 29.3 Å². The van der Waals surface area contributed by atoms with Crippen molar-refractivity contribution in [1.82, 2.24) is 0 Å². The number of aryl methyl sites for hydroxylation is 1.